The van der Waals surface area contributed by atoms with Crippen LogP contribution in [0, 0.1) is 11.7 Å². The summed E-state index contributed by atoms with van der Waals surface area (Å²) in [4.78, 5) is 19.1. The number of fused-ring (bicyclic) bond motifs is 1. The maximum absolute atomic E-state index is 13.6. The highest BCUT2D eigenvalue weighted by molar-refractivity contribution is 5.92. The van der Waals surface area contributed by atoms with Crippen LogP contribution in [0.4, 0.5) is 4.39 Å². The van der Waals surface area contributed by atoms with Crippen LogP contribution >= 0.6 is 0 Å². The number of carboxylic acid groups (broad SMARTS) is 1. The smallest absolute Gasteiger partial charge is 0.354 e. The average molecular weight is 449 g/mol. The van der Waals surface area contributed by atoms with Crippen molar-refractivity contribution in [1.82, 2.24) is 19.7 Å². The molecule has 3 aromatic rings. The molecule has 33 heavy (non-hydrogen) atoms. The van der Waals surface area contributed by atoms with E-state index in [0.717, 1.165) is 61.3 Å². The first-order chi connectivity index (χ1) is 16.1. The second-order valence-corrected chi connectivity index (χ2v) is 10.0. The Bertz CT molecular complexity index is 1190. The minimum Gasteiger partial charge on any atom is -0.477 e. The highest BCUT2D eigenvalue weighted by atomic mass is 19.1. The lowest BCUT2D eigenvalue weighted by molar-refractivity contribution is 0.0690. The lowest BCUT2D eigenvalue weighted by atomic mass is 9.79. The van der Waals surface area contributed by atoms with Gasteiger partial charge in [-0.2, -0.15) is 5.10 Å². The molecule has 1 aromatic carbocycles. The molecule has 2 aromatic heterocycles. The van der Waals surface area contributed by atoms with Crippen molar-refractivity contribution >= 4 is 17.0 Å². The molecule has 0 spiro atoms. The number of halogens is 1. The molecule has 172 valence electrons. The molecule has 3 aliphatic rings. The summed E-state index contributed by atoms with van der Waals surface area (Å²) in [5.74, 6) is 0.217. The van der Waals surface area contributed by atoms with Crippen LogP contribution in [-0.2, 0) is 0 Å². The minimum absolute atomic E-state index is 0.0568. The molecule has 2 aliphatic carbocycles. The number of rotatable bonds is 6. The zero-order valence-electron chi connectivity index (χ0n) is 18.7. The molecule has 3 heterocycles. The molecule has 6 nitrogen and oxygen atoms in total. The lowest BCUT2D eigenvalue weighted by Crippen LogP contribution is -2.34. The first-order valence-corrected chi connectivity index (χ1v) is 12.2. The van der Waals surface area contributed by atoms with E-state index in [1.165, 1.54) is 37.9 Å². The Morgan fingerprint density at radius 1 is 1.03 bits per heavy atom. The predicted molar refractivity (Wildman–Crippen MR) is 124 cm³/mol. The van der Waals surface area contributed by atoms with Gasteiger partial charge < -0.3 is 10.0 Å². The Hall–Kier alpha value is -2.80. The van der Waals surface area contributed by atoms with Crippen LogP contribution < -0.4 is 0 Å². The van der Waals surface area contributed by atoms with Gasteiger partial charge in [0.1, 0.15) is 5.82 Å². The zero-order valence-corrected chi connectivity index (χ0v) is 18.7. The zero-order chi connectivity index (χ0) is 22.5. The van der Waals surface area contributed by atoms with Crippen molar-refractivity contribution in [2.24, 2.45) is 5.92 Å². The van der Waals surface area contributed by atoms with Gasteiger partial charge in [-0.15, -0.1) is 0 Å². The number of carbonyl (C=O) groups is 1. The van der Waals surface area contributed by atoms with E-state index in [1.807, 2.05) is 0 Å². The molecule has 0 amide bonds. The number of aromatic carboxylic acids is 1. The Morgan fingerprint density at radius 2 is 1.76 bits per heavy atom. The van der Waals surface area contributed by atoms with Gasteiger partial charge >= 0.3 is 5.97 Å². The van der Waals surface area contributed by atoms with E-state index in [2.05, 4.69) is 9.88 Å². The molecular weight excluding hydrogens is 419 g/mol. The summed E-state index contributed by atoms with van der Waals surface area (Å²) in [7, 11) is 0. The van der Waals surface area contributed by atoms with E-state index in [9.17, 15) is 14.3 Å². The topological polar surface area (TPSA) is 71.2 Å². The van der Waals surface area contributed by atoms with Gasteiger partial charge in [-0.3, -0.25) is 0 Å². The molecular formula is C26H29FN4O2. The fraction of sp³-hybridized carbons (Fsp3) is 0.500. The van der Waals surface area contributed by atoms with E-state index in [4.69, 9.17) is 5.10 Å². The van der Waals surface area contributed by atoms with E-state index in [1.54, 1.807) is 22.9 Å². The van der Waals surface area contributed by atoms with E-state index in [-0.39, 0.29) is 11.5 Å². The number of likely N-dealkylation sites (tertiary alicyclic amines) is 1. The van der Waals surface area contributed by atoms with Crippen LogP contribution in [0.15, 0.2) is 30.3 Å². The summed E-state index contributed by atoms with van der Waals surface area (Å²) in [5.41, 5.74) is 3.45. The van der Waals surface area contributed by atoms with E-state index < -0.39 is 5.97 Å². The molecule has 3 fully saturated rings. The number of aromatic nitrogens is 3. The van der Waals surface area contributed by atoms with Crippen LogP contribution in [0.1, 0.15) is 78.5 Å². The van der Waals surface area contributed by atoms with Crippen molar-refractivity contribution in [3.8, 4) is 5.69 Å². The third kappa shape index (κ3) is 3.92. The number of carboxylic acids is 1. The van der Waals surface area contributed by atoms with Crippen molar-refractivity contribution in [1.29, 1.82) is 0 Å². The maximum atomic E-state index is 13.6. The van der Waals surface area contributed by atoms with Gasteiger partial charge in [0, 0.05) is 17.8 Å². The molecule has 0 radical (unpaired) electrons. The third-order valence-electron chi connectivity index (χ3n) is 7.72. The molecule has 2 saturated carbocycles. The molecule has 1 aliphatic heterocycles. The number of piperidine rings is 1. The molecule has 0 unspecified atom stereocenters. The van der Waals surface area contributed by atoms with Crippen LogP contribution in [0.2, 0.25) is 0 Å². The first kappa shape index (κ1) is 20.8. The summed E-state index contributed by atoms with van der Waals surface area (Å²) in [6.45, 7) is 3.31. The molecule has 0 atom stereocenters. The standard InChI is InChI=1S/C26H29FN4O2/c27-19-6-8-20(9-7-19)31-25-23(24(29-31)18-2-1-3-18)21(14-22(28-25)26(32)33)17-10-12-30(13-11-17)15-16-4-5-16/h6-9,14,16-18H,1-5,10-13,15H2,(H,32,33). The van der Waals surface area contributed by atoms with Gasteiger partial charge in [0.2, 0.25) is 0 Å². The fourth-order valence-corrected chi connectivity index (χ4v) is 5.43. The van der Waals surface area contributed by atoms with Crippen molar-refractivity contribution in [3.05, 3.63) is 53.1 Å². The third-order valence-corrected chi connectivity index (χ3v) is 7.72. The van der Waals surface area contributed by atoms with Gasteiger partial charge in [0.05, 0.1) is 11.4 Å². The summed E-state index contributed by atoms with van der Waals surface area (Å²) < 4.78 is 15.3. The monoisotopic (exact) mass is 448 g/mol. The SMILES string of the molecule is O=C(O)c1cc(C2CCN(CC3CC3)CC2)c2c(C3CCC3)nn(-c3ccc(F)cc3)c2n1. The fourth-order valence-electron chi connectivity index (χ4n) is 5.43. The van der Waals surface area contributed by atoms with Crippen LogP contribution in [0.5, 0.6) is 0 Å². The lowest BCUT2D eigenvalue weighted by Gasteiger charge is -2.33. The van der Waals surface area contributed by atoms with Crippen LogP contribution in [0.25, 0.3) is 16.7 Å². The second-order valence-electron chi connectivity index (χ2n) is 10.0. The number of benzene rings is 1. The first-order valence-electron chi connectivity index (χ1n) is 12.2. The Balaban J connectivity index is 1.46. The molecule has 6 rings (SSSR count). The Labute approximate surface area is 192 Å². The van der Waals surface area contributed by atoms with Crippen molar-refractivity contribution in [2.75, 3.05) is 19.6 Å². The average Bonchev–Trinajstić information content (AvgIpc) is 3.52. The van der Waals surface area contributed by atoms with Gasteiger partial charge in [0.25, 0.3) is 0 Å². The molecule has 1 N–H and O–H groups in total. The molecule has 0 bridgehead atoms. The van der Waals surface area contributed by atoms with Gasteiger partial charge in [-0.05, 0) is 99.3 Å². The largest absolute Gasteiger partial charge is 0.477 e. The summed E-state index contributed by atoms with van der Waals surface area (Å²) in [5, 5.41) is 15.8. The minimum atomic E-state index is -1.03. The van der Waals surface area contributed by atoms with Crippen molar-refractivity contribution in [2.45, 2.75) is 56.8 Å². The number of pyridine rings is 1. The normalized spacial score (nSPS) is 20.3. The van der Waals surface area contributed by atoms with E-state index >= 15 is 0 Å². The van der Waals surface area contributed by atoms with Gasteiger partial charge in [-0.25, -0.2) is 18.9 Å². The Morgan fingerprint density at radius 3 is 2.36 bits per heavy atom. The summed E-state index contributed by atoms with van der Waals surface area (Å²) in [6, 6.07) is 7.96. The quantitative estimate of drug-likeness (QED) is 0.567. The Kier molecular flexibility index (Phi) is 5.17. The molecule has 7 heteroatoms. The second kappa shape index (κ2) is 8.20. The van der Waals surface area contributed by atoms with Gasteiger partial charge in [-0.1, -0.05) is 6.42 Å². The highest BCUT2D eigenvalue weighted by Crippen LogP contribution is 2.43. The highest BCUT2D eigenvalue weighted by Gasteiger charge is 2.33. The number of hydrogen-bond acceptors (Lipinski definition) is 4. The predicted octanol–water partition coefficient (Wildman–Crippen LogP) is 5.11. The summed E-state index contributed by atoms with van der Waals surface area (Å²) in [6.07, 6.45) is 8.14. The van der Waals surface area contributed by atoms with Gasteiger partial charge in [0.15, 0.2) is 11.3 Å². The van der Waals surface area contributed by atoms with E-state index in [0.29, 0.717) is 23.2 Å². The number of nitrogens with zero attached hydrogens (tertiary/aromatic N) is 4. The van der Waals surface area contributed by atoms with Crippen LogP contribution in [-0.4, -0.2) is 50.4 Å². The maximum Gasteiger partial charge on any atom is 0.354 e. The molecule has 1 saturated heterocycles. The van der Waals surface area contributed by atoms with Crippen molar-refractivity contribution < 1.29 is 14.3 Å². The van der Waals surface area contributed by atoms with Crippen LogP contribution in [0.3, 0.4) is 0 Å². The summed E-state index contributed by atoms with van der Waals surface area (Å²) >= 11 is 0. The number of hydrogen-bond donors (Lipinski definition) is 1. The van der Waals surface area contributed by atoms with Crippen molar-refractivity contribution in [3.63, 3.8) is 0 Å².